The maximum Gasteiger partial charge on any atom is 0.433 e. The van der Waals surface area contributed by atoms with Crippen molar-refractivity contribution in [3.05, 3.63) is 28.0 Å². The molecule has 0 unspecified atom stereocenters. The third-order valence-corrected chi connectivity index (χ3v) is 1.90. The van der Waals surface area contributed by atoms with Gasteiger partial charge in [0.1, 0.15) is 10.7 Å². The highest BCUT2D eigenvalue weighted by atomic mass is 19.4. The Kier molecular flexibility index (Phi) is 3.53. The molecule has 0 aromatic carbocycles. The van der Waals surface area contributed by atoms with Crippen LogP contribution in [0.15, 0.2) is 16.5 Å². The highest BCUT2D eigenvalue weighted by Crippen LogP contribution is 2.28. The summed E-state index contributed by atoms with van der Waals surface area (Å²) in [5.74, 6) is -0.548. The van der Waals surface area contributed by atoms with Crippen molar-refractivity contribution in [1.82, 2.24) is 0 Å². The summed E-state index contributed by atoms with van der Waals surface area (Å²) in [7, 11) is 0. The number of nitro groups is 1. The molecule has 1 aromatic heterocycles. The van der Waals surface area contributed by atoms with Crippen LogP contribution in [0, 0.1) is 10.1 Å². The Labute approximate surface area is 88.2 Å². The van der Waals surface area contributed by atoms with Crippen molar-refractivity contribution in [2.75, 3.05) is 0 Å². The summed E-state index contributed by atoms with van der Waals surface area (Å²) in [5, 5.41) is 10.2. The van der Waals surface area contributed by atoms with Gasteiger partial charge in [-0.3, -0.25) is 10.1 Å². The van der Waals surface area contributed by atoms with E-state index in [4.69, 9.17) is 5.73 Å². The first-order valence-electron chi connectivity index (χ1n) is 4.36. The highest BCUT2D eigenvalue weighted by Gasteiger charge is 2.28. The molecule has 1 heterocycles. The van der Waals surface area contributed by atoms with Crippen LogP contribution in [0.2, 0.25) is 0 Å². The van der Waals surface area contributed by atoms with Gasteiger partial charge in [-0.2, -0.15) is 13.2 Å². The number of alkyl halides is 3. The SMILES string of the molecule is N[C@H](CCC(F)(F)F)c1ccc([N+](=O)[O-])o1. The van der Waals surface area contributed by atoms with Gasteiger partial charge in [0, 0.05) is 6.42 Å². The maximum absolute atomic E-state index is 11.9. The number of hydrogen-bond donors (Lipinski definition) is 1. The zero-order valence-corrected chi connectivity index (χ0v) is 8.03. The normalized spacial score (nSPS) is 13.8. The zero-order valence-electron chi connectivity index (χ0n) is 8.03. The van der Waals surface area contributed by atoms with Crippen LogP contribution in [0.25, 0.3) is 0 Å². The van der Waals surface area contributed by atoms with Crippen LogP contribution in [0.3, 0.4) is 0 Å². The Morgan fingerprint density at radius 3 is 2.56 bits per heavy atom. The second kappa shape index (κ2) is 4.52. The van der Waals surface area contributed by atoms with Crippen LogP contribution in [-0.4, -0.2) is 11.1 Å². The summed E-state index contributed by atoms with van der Waals surface area (Å²) in [4.78, 5) is 9.47. The number of nitrogens with zero attached hydrogens (tertiary/aromatic N) is 1. The van der Waals surface area contributed by atoms with Gasteiger partial charge in [0.2, 0.25) is 0 Å². The van der Waals surface area contributed by atoms with Gasteiger partial charge in [-0.05, 0) is 12.5 Å². The minimum atomic E-state index is -4.30. The molecule has 1 aromatic rings. The van der Waals surface area contributed by atoms with E-state index >= 15 is 0 Å². The van der Waals surface area contributed by atoms with E-state index in [9.17, 15) is 23.3 Å². The molecular formula is C8H9F3N2O3. The van der Waals surface area contributed by atoms with Crippen molar-refractivity contribution in [2.24, 2.45) is 5.73 Å². The fourth-order valence-corrected chi connectivity index (χ4v) is 1.10. The first-order chi connectivity index (χ1) is 7.29. The second-order valence-electron chi connectivity index (χ2n) is 3.19. The van der Waals surface area contributed by atoms with Crippen molar-refractivity contribution < 1.29 is 22.5 Å². The predicted molar refractivity (Wildman–Crippen MR) is 47.6 cm³/mol. The predicted octanol–water partition coefficient (Wildman–Crippen LogP) is 2.53. The molecule has 8 heteroatoms. The lowest BCUT2D eigenvalue weighted by molar-refractivity contribution is -0.402. The van der Waals surface area contributed by atoms with Gasteiger partial charge in [0.25, 0.3) is 0 Å². The molecule has 0 radical (unpaired) electrons. The molecule has 0 amide bonds. The van der Waals surface area contributed by atoms with E-state index in [1.807, 2.05) is 0 Å². The van der Waals surface area contributed by atoms with Gasteiger partial charge in [0.05, 0.1) is 12.1 Å². The Morgan fingerprint density at radius 1 is 1.50 bits per heavy atom. The van der Waals surface area contributed by atoms with Gasteiger partial charge >= 0.3 is 12.1 Å². The van der Waals surface area contributed by atoms with Crippen molar-refractivity contribution >= 4 is 5.88 Å². The third kappa shape index (κ3) is 3.54. The second-order valence-corrected chi connectivity index (χ2v) is 3.19. The van der Waals surface area contributed by atoms with E-state index in [0.29, 0.717) is 0 Å². The van der Waals surface area contributed by atoms with Gasteiger partial charge in [-0.15, -0.1) is 0 Å². The Morgan fingerprint density at radius 2 is 2.12 bits per heavy atom. The van der Waals surface area contributed by atoms with Gasteiger partial charge in [-0.1, -0.05) is 0 Å². The molecule has 0 saturated carbocycles. The van der Waals surface area contributed by atoms with Crippen molar-refractivity contribution in [3.63, 3.8) is 0 Å². The molecule has 0 saturated heterocycles. The largest absolute Gasteiger partial charge is 0.433 e. The van der Waals surface area contributed by atoms with E-state index in [2.05, 4.69) is 4.42 Å². The fourth-order valence-electron chi connectivity index (χ4n) is 1.10. The quantitative estimate of drug-likeness (QED) is 0.645. The molecule has 2 N–H and O–H groups in total. The molecule has 0 spiro atoms. The standard InChI is InChI=1S/C8H9F3N2O3/c9-8(10,11)4-3-5(12)6-1-2-7(16-6)13(14)15/h1-2,5H,3-4,12H2/t5-/m1/s1. The van der Waals surface area contributed by atoms with Crippen LogP contribution in [0.5, 0.6) is 0 Å². The zero-order chi connectivity index (χ0) is 12.3. The third-order valence-electron chi connectivity index (χ3n) is 1.90. The fraction of sp³-hybridized carbons (Fsp3) is 0.500. The van der Waals surface area contributed by atoms with Crippen LogP contribution < -0.4 is 5.73 Å². The smallest absolute Gasteiger partial charge is 0.404 e. The maximum atomic E-state index is 11.9. The van der Waals surface area contributed by atoms with Gasteiger partial charge in [-0.25, -0.2) is 0 Å². The molecule has 0 fully saturated rings. The van der Waals surface area contributed by atoms with E-state index in [1.54, 1.807) is 0 Å². The Hall–Kier alpha value is -1.57. The molecular weight excluding hydrogens is 229 g/mol. The molecule has 0 aliphatic carbocycles. The summed E-state index contributed by atoms with van der Waals surface area (Å²) in [5.41, 5.74) is 5.40. The van der Waals surface area contributed by atoms with Gasteiger partial charge in [0.15, 0.2) is 0 Å². The van der Waals surface area contributed by atoms with E-state index < -0.39 is 29.4 Å². The lowest BCUT2D eigenvalue weighted by Gasteiger charge is -2.10. The average Bonchev–Trinajstić information content (AvgIpc) is 2.61. The molecule has 1 rings (SSSR count). The molecule has 0 aliphatic rings. The van der Waals surface area contributed by atoms with Crippen molar-refractivity contribution in [3.8, 4) is 0 Å². The first kappa shape index (κ1) is 12.5. The number of nitrogens with two attached hydrogens (primary N) is 1. The summed E-state index contributed by atoms with van der Waals surface area (Å²) >= 11 is 0. The Bertz CT molecular complexity index is 375. The van der Waals surface area contributed by atoms with E-state index in [1.165, 1.54) is 6.07 Å². The molecule has 1 atom stereocenters. The molecule has 90 valence electrons. The molecule has 5 nitrogen and oxygen atoms in total. The molecule has 16 heavy (non-hydrogen) atoms. The lowest BCUT2D eigenvalue weighted by atomic mass is 10.1. The summed E-state index contributed by atoms with van der Waals surface area (Å²) < 4.78 is 40.3. The molecule has 0 bridgehead atoms. The summed E-state index contributed by atoms with van der Waals surface area (Å²) in [6.45, 7) is 0. The van der Waals surface area contributed by atoms with Crippen LogP contribution >= 0.6 is 0 Å². The number of rotatable bonds is 4. The number of halogens is 3. The van der Waals surface area contributed by atoms with Gasteiger partial charge < -0.3 is 10.2 Å². The number of hydrogen-bond acceptors (Lipinski definition) is 4. The topological polar surface area (TPSA) is 82.3 Å². The minimum Gasteiger partial charge on any atom is -0.404 e. The lowest BCUT2D eigenvalue weighted by Crippen LogP contribution is -2.15. The van der Waals surface area contributed by atoms with Crippen LogP contribution in [-0.2, 0) is 0 Å². The Balaban J connectivity index is 2.59. The average molecular weight is 238 g/mol. The van der Waals surface area contributed by atoms with Crippen LogP contribution in [0.1, 0.15) is 24.6 Å². The van der Waals surface area contributed by atoms with Crippen LogP contribution in [0.4, 0.5) is 19.1 Å². The highest BCUT2D eigenvalue weighted by molar-refractivity contribution is 5.19. The summed E-state index contributed by atoms with van der Waals surface area (Å²) in [6, 6.07) is 1.28. The summed E-state index contributed by atoms with van der Waals surface area (Å²) in [6.07, 6.45) is -5.72. The van der Waals surface area contributed by atoms with E-state index in [0.717, 1.165) is 6.07 Å². The first-order valence-corrected chi connectivity index (χ1v) is 4.36. The van der Waals surface area contributed by atoms with E-state index in [-0.39, 0.29) is 12.2 Å². The number of furan rings is 1. The van der Waals surface area contributed by atoms with Crippen molar-refractivity contribution in [1.29, 1.82) is 0 Å². The molecule has 0 aliphatic heterocycles. The minimum absolute atomic E-state index is 0.0176. The van der Waals surface area contributed by atoms with Crippen molar-refractivity contribution in [2.45, 2.75) is 25.1 Å². The monoisotopic (exact) mass is 238 g/mol.